The summed E-state index contributed by atoms with van der Waals surface area (Å²) < 4.78 is 12.8. The second-order valence-electron chi connectivity index (χ2n) is 7.92. The van der Waals surface area contributed by atoms with E-state index in [1.54, 1.807) is 25.4 Å². The van der Waals surface area contributed by atoms with Crippen molar-refractivity contribution in [3.63, 3.8) is 0 Å². The molecule has 1 aromatic heterocycles. The van der Waals surface area contributed by atoms with E-state index in [-0.39, 0.29) is 30.2 Å². The van der Waals surface area contributed by atoms with Crippen molar-refractivity contribution >= 4 is 16.7 Å². The first kappa shape index (κ1) is 20.9. The number of rotatable bonds is 7. The minimum Gasteiger partial charge on any atom is -0.493 e. The highest BCUT2D eigenvalue weighted by atomic mass is 16.5. The van der Waals surface area contributed by atoms with Crippen LogP contribution in [0.15, 0.2) is 53.5 Å². The van der Waals surface area contributed by atoms with Crippen LogP contribution in [0, 0.1) is 0 Å². The fourth-order valence-corrected chi connectivity index (χ4v) is 3.98. The minimum absolute atomic E-state index is 0.145. The predicted octanol–water partition coefficient (Wildman–Crippen LogP) is 3.60. The van der Waals surface area contributed by atoms with E-state index < -0.39 is 0 Å². The monoisotopic (exact) mass is 421 g/mol. The number of hydrogen-bond donors (Lipinski definition) is 1. The van der Waals surface area contributed by atoms with Gasteiger partial charge in [-0.25, -0.2) is 4.68 Å². The normalized spacial score (nSPS) is 15.0. The van der Waals surface area contributed by atoms with Crippen molar-refractivity contribution < 1.29 is 14.3 Å². The summed E-state index contributed by atoms with van der Waals surface area (Å²) in [7, 11) is 1.61. The number of benzene rings is 2. The molecule has 31 heavy (non-hydrogen) atoms. The molecule has 1 unspecified atom stereocenters. The molecule has 3 aromatic rings. The van der Waals surface area contributed by atoms with Crippen molar-refractivity contribution in [2.75, 3.05) is 7.11 Å². The summed E-state index contributed by atoms with van der Waals surface area (Å²) in [5.74, 6) is 1.09. The highest BCUT2D eigenvalue weighted by molar-refractivity contribution is 5.81. The smallest absolute Gasteiger partial charge is 0.275 e. The molecule has 4 rings (SSSR count). The molecule has 1 aliphatic carbocycles. The molecular weight excluding hydrogens is 394 g/mol. The van der Waals surface area contributed by atoms with Crippen LogP contribution in [-0.4, -0.2) is 28.9 Å². The molecule has 0 aliphatic heterocycles. The van der Waals surface area contributed by atoms with E-state index in [0.29, 0.717) is 11.1 Å². The Morgan fingerprint density at radius 1 is 1.19 bits per heavy atom. The highest BCUT2D eigenvalue weighted by Gasteiger charge is 2.20. The van der Waals surface area contributed by atoms with Crippen molar-refractivity contribution in [3.8, 4) is 11.5 Å². The van der Waals surface area contributed by atoms with Gasteiger partial charge < -0.3 is 14.8 Å². The summed E-state index contributed by atoms with van der Waals surface area (Å²) in [6, 6.07) is 12.6. The second kappa shape index (κ2) is 9.20. The zero-order valence-corrected chi connectivity index (χ0v) is 17.8. The van der Waals surface area contributed by atoms with Crippen molar-refractivity contribution in [1.82, 2.24) is 15.1 Å². The predicted molar refractivity (Wildman–Crippen MR) is 118 cm³/mol. The van der Waals surface area contributed by atoms with Crippen molar-refractivity contribution in [3.05, 3.63) is 64.6 Å². The van der Waals surface area contributed by atoms with Crippen LogP contribution in [0.1, 0.15) is 44.2 Å². The SMILES string of the molecule is COc1cc(C(C)NC(=O)Cn2ncc3ccccc3c2=O)ccc1OC1CCCC1. The summed E-state index contributed by atoms with van der Waals surface area (Å²) in [5, 5.41) is 8.35. The van der Waals surface area contributed by atoms with Crippen LogP contribution >= 0.6 is 0 Å². The molecule has 1 heterocycles. The lowest BCUT2D eigenvalue weighted by molar-refractivity contribution is -0.122. The Hall–Kier alpha value is -3.35. The molecule has 1 atom stereocenters. The van der Waals surface area contributed by atoms with Gasteiger partial charge in [0.15, 0.2) is 11.5 Å². The zero-order chi connectivity index (χ0) is 21.8. The molecule has 1 N–H and O–H groups in total. The molecule has 1 fully saturated rings. The Balaban J connectivity index is 1.44. The molecule has 2 aromatic carbocycles. The lowest BCUT2D eigenvalue weighted by Crippen LogP contribution is -2.34. The maximum Gasteiger partial charge on any atom is 0.275 e. The van der Waals surface area contributed by atoms with Gasteiger partial charge in [0.2, 0.25) is 5.91 Å². The van der Waals surface area contributed by atoms with Gasteiger partial charge in [-0.3, -0.25) is 9.59 Å². The first-order valence-electron chi connectivity index (χ1n) is 10.6. The van der Waals surface area contributed by atoms with Gasteiger partial charge in [0.25, 0.3) is 5.56 Å². The summed E-state index contributed by atoms with van der Waals surface area (Å²) in [5.41, 5.74) is 0.610. The number of nitrogens with zero attached hydrogens (tertiary/aromatic N) is 2. The Labute approximate surface area is 181 Å². The van der Waals surface area contributed by atoms with E-state index in [2.05, 4.69) is 10.4 Å². The van der Waals surface area contributed by atoms with Crippen LogP contribution in [0.3, 0.4) is 0 Å². The van der Waals surface area contributed by atoms with Crippen molar-refractivity contribution in [2.45, 2.75) is 51.3 Å². The highest BCUT2D eigenvalue weighted by Crippen LogP contribution is 2.33. The molecule has 0 saturated heterocycles. The lowest BCUT2D eigenvalue weighted by Gasteiger charge is -2.19. The average molecular weight is 421 g/mol. The Kier molecular flexibility index (Phi) is 6.21. The van der Waals surface area contributed by atoms with E-state index in [1.165, 1.54) is 17.5 Å². The first-order chi connectivity index (χ1) is 15.0. The Bertz CT molecular complexity index is 1140. The maximum atomic E-state index is 12.6. The molecular formula is C24H27N3O4. The quantitative estimate of drug-likeness (QED) is 0.630. The molecule has 162 valence electrons. The fourth-order valence-electron chi connectivity index (χ4n) is 3.98. The molecule has 1 saturated carbocycles. The van der Waals surface area contributed by atoms with E-state index in [4.69, 9.17) is 9.47 Å². The molecule has 1 aliphatic rings. The topological polar surface area (TPSA) is 82.5 Å². The van der Waals surface area contributed by atoms with E-state index in [1.807, 2.05) is 37.3 Å². The molecule has 0 spiro atoms. The summed E-state index contributed by atoms with van der Waals surface area (Å²) in [6.45, 7) is 1.74. The van der Waals surface area contributed by atoms with Crippen molar-refractivity contribution in [2.24, 2.45) is 0 Å². The summed E-state index contributed by atoms with van der Waals surface area (Å²) in [4.78, 5) is 25.1. The van der Waals surface area contributed by atoms with Crippen molar-refractivity contribution in [1.29, 1.82) is 0 Å². The van der Waals surface area contributed by atoms with E-state index in [0.717, 1.165) is 29.5 Å². The molecule has 7 heteroatoms. The number of fused-ring (bicyclic) bond motifs is 1. The van der Waals surface area contributed by atoms with Gasteiger partial charge in [0, 0.05) is 5.39 Å². The number of nitrogens with one attached hydrogen (secondary N) is 1. The third-order valence-corrected chi connectivity index (χ3v) is 5.72. The Morgan fingerprint density at radius 2 is 1.97 bits per heavy atom. The van der Waals surface area contributed by atoms with Crippen LogP contribution in [-0.2, 0) is 11.3 Å². The standard InChI is InChI=1S/C24H27N3O4/c1-16(17-11-12-21(22(13-17)30-2)31-19-8-4-5-9-19)26-23(28)15-27-24(29)20-10-6-3-7-18(20)14-25-27/h3,6-7,10-14,16,19H,4-5,8-9,15H2,1-2H3,(H,26,28). The first-order valence-corrected chi connectivity index (χ1v) is 10.6. The van der Waals surface area contributed by atoms with Gasteiger partial charge >= 0.3 is 0 Å². The second-order valence-corrected chi connectivity index (χ2v) is 7.92. The molecule has 7 nitrogen and oxygen atoms in total. The van der Waals surface area contributed by atoms with Crippen LogP contribution in [0.5, 0.6) is 11.5 Å². The molecule has 1 amide bonds. The van der Waals surface area contributed by atoms with Gasteiger partial charge in [0.05, 0.1) is 30.8 Å². The lowest BCUT2D eigenvalue weighted by atomic mass is 10.1. The summed E-state index contributed by atoms with van der Waals surface area (Å²) in [6.07, 6.45) is 6.37. The number of hydrogen-bond acceptors (Lipinski definition) is 5. The maximum absolute atomic E-state index is 12.6. The number of aromatic nitrogens is 2. The third-order valence-electron chi connectivity index (χ3n) is 5.72. The van der Waals surface area contributed by atoms with E-state index in [9.17, 15) is 9.59 Å². The number of methoxy groups -OCH3 is 1. The molecule has 0 bridgehead atoms. The van der Waals surface area contributed by atoms with Gasteiger partial charge in [-0.05, 0) is 56.4 Å². The van der Waals surface area contributed by atoms with Gasteiger partial charge in [-0.2, -0.15) is 5.10 Å². The van der Waals surface area contributed by atoms with E-state index >= 15 is 0 Å². The average Bonchev–Trinajstić information content (AvgIpc) is 3.29. The number of amides is 1. The van der Waals surface area contributed by atoms with Gasteiger partial charge in [-0.15, -0.1) is 0 Å². The largest absolute Gasteiger partial charge is 0.493 e. The third kappa shape index (κ3) is 4.71. The van der Waals surface area contributed by atoms with Gasteiger partial charge in [0.1, 0.15) is 6.54 Å². The van der Waals surface area contributed by atoms with Gasteiger partial charge in [-0.1, -0.05) is 24.3 Å². The minimum atomic E-state index is -0.289. The van der Waals surface area contributed by atoms with Crippen LogP contribution in [0.2, 0.25) is 0 Å². The van der Waals surface area contributed by atoms with Crippen LogP contribution in [0.4, 0.5) is 0 Å². The molecule has 0 radical (unpaired) electrons. The fraction of sp³-hybridized carbons (Fsp3) is 0.375. The Morgan fingerprint density at radius 3 is 2.74 bits per heavy atom. The number of carbonyl (C=O) groups is 1. The number of ether oxygens (including phenoxy) is 2. The zero-order valence-electron chi connectivity index (χ0n) is 17.8. The number of carbonyl (C=O) groups excluding carboxylic acids is 1. The van der Waals surface area contributed by atoms with Crippen LogP contribution < -0.4 is 20.3 Å². The van der Waals surface area contributed by atoms with Crippen LogP contribution in [0.25, 0.3) is 10.8 Å². The summed E-state index contributed by atoms with van der Waals surface area (Å²) >= 11 is 0.